The molecule has 6 heteroatoms. The van der Waals surface area contributed by atoms with Crippen molar-refractivity contribution in [3.8, 4) is 0 Å². The van der Waals surface area contributed by atoms with E-state index < -0.39 is 5.54 Å². The Labute approximate surface area is 109 Å². The van der Waals surface area contributed by atoms with E-state index in [2.05, 4.69) is 4.98 Å². The number of diazo groups is 1. The molecule has 0 saturated carbocycles. The average Bonchev–Trinajstić information content (AvgIpc) is 1.98. The van der Waals surface area contributed by atoms with Crippen LogP contribution < -0.4 is 30.5 Å². The van der Waals surface area contributed by atoms with Crippen LogP contribution in [0.1, 0.15) is 13.8 Å². The van der Waals surface area contributed by atoms with Gasteiger partial charge in [0.25, 0.3) is 0 Å². The Morgan fingerprint density at radius 1 is 1.50 bits per heavy atom. The minimum atomic E-state index is -0.639. The van der Waals surface area contributed by atoms with Gasteiger partial charge in [-0.15, -0.1) is 0 Å². The minimum Gasteiger partial charge on any atom is -1.00 e. The van der Waals surface area contributed by atoms with Crippen LogP contribution in [0.2, 0.25) is 0 Å². The number of hydrogen-bond donors (Lipinski definition) is 1. The van der Waals surface area contributed by atoms with Gasteiger partial charge in [0.2, 0.25) is 5.39 Å². The third-order valence-electron chi connectivity index (χ3n) is 2.02. The second kappa shape index (κ2) is 7.37. The molecule has 2 N–H and O–H groups in total. The second-order valence-corrected chi connectivity index (χ2v) is 3.10. The molecule has 0 bridgehead atoms. The Bertz CT molecular complexity index is 272. The summed E-state index contributed by atoms with van der Waals surface area (Å²) in [4.78, 5) is 3.24. The molecule has 75 valence electrons. The molecule has 0 aromatic rings. The summed E-state index contributed by atoms with van der Waals surface area (Å²) in [6.45, 7) is 3.75. The Kier molecular flexibility index (Phi) is 10.3. The summed E-state index contributed by atoms with van der Waals surface area (Å²) >= 11 is 0. The number of hydrogen-bond acceptors (Lipinski definition) is 2. The molecular weight excluding hydrogens is 274 g/mol. The molecule has 2 unspecified atom stereocenters. The largest absolute Gasteiger partial charge is 1.00 e. The predicted molar refractivity (Wildman–Crippen MR) is 44.4 cm³/mol. The van der Waals surface area contributed by atoms with Crippen LogP contribution >= 0.6 is 0 Å². The van der Waals surface area contributed by atoms with Gasteiger partial charge in [-0.2, -0.15) is 0 Å². The number of allylic oxidation sites excluding steroid dienone is 2. The van der Waals surface area contributed by atoms with Crippen LogP contribution in [0, 0.1) is 5.39 Å². The van der Waals surface area contributed by atoms with Gasteiger partial charge in [0.1, 0.15) is 11.0 Å². The third-order valence-corrected chi connectivity index (χ3v) is 2.02. The maximum Gasteiger partial charge on any atom is 1.00 e. The fraction of sp³-hybridized carbons (Fsp3) is 0.500. The first kappa shape index (κ1) is 19.6. The van der Waals surface area contributed by atoms with E-state index in [1.54, 1.807) is 6.92 Å². The average molecular weight is 287 g/mol. The number of halogens is 2. The molecule has 0 aromatic heterocycles. The second-order valence-electron chi connectivity index (χ2n) is 3.10. The molecule has 0 spiro atoms. The summed E-state index contributed by atoms with van der Waals surface area (Å²) < 4.78 is 0. The molecule has 0 aliphatic heterocycles. The Morgan fingerprint density at radius 2 is 2.00 bits per heavy atom. The maximum absolute atomic E-state index is 8.67. The van der Waals surface area contributed by atoms with Crippen LogP contribution in [0.15, 0.2) is 23.8 Å². The number of rotatable bonds is 0. The standard InChI is InChI=1S/C8H12N3.2ClH.Zn/c1-6-3-4-8(2,11-10)7(9)5-6;;;/h3-5,7H,9H2,1-2H3;2*1H;/q+1;;;+1/p-2. The molecule has 3 nitrogen and oxygen atoms in total. The first-order valence-electron chi connectivity index (χ1n) is 3.58. The van der Waals surface area contributed by atoms with E-state index >= 15 is 0 Å². The quantitative estimate of drug-likeness (QED) is 0.360. The zero-order chi connectivity index (χ0) is 8.48. The van der Waals surface area contributed by atoms with Crippen LogP contribution in [-0.2, 0) is 19.5 Å². The number of nitrogens with two attached hydrogens (primary N) is 1. The van der Waals surface area contributed by atoms with Crippen molar-refractivity contribution in [1.29, 1.82) is 5.39 Å². The molecule has 1 rings (SSSR count). The molecular formula is C8H12Cl2N3Zn. The molecule has 0 heterocycles. The van der Waals surface area contributed by atoms with Gasteiger partial charge in [-0.3, -0.25) is 0 Å². The normalized spacial score (nSPS) is 28.4. The van der Waals surface area contributed by atoms with E-state index in [0.717, 1.165) is 5.57 Å². The van der Waals surface area contributed by atoms with Gasteiger partial charge in [-0.1, -0.05) is 17.7 Å². The van der Waals surface area contributed by atoms with E-state index in [1.165, 1.54) is 0 Å². The summed E-state index contributed by atoms with van der Waals surface area (Å²) in [6, 6.07) is -0.225. The Morgan fingerprint density at radius 3 is 2.36 bits per heavy atom. The summed E-state index contributed by atoms with van der Waals surface area (Å²) in [7, 11) is 0. The molecule has 1 aliphatic carbocycles. The molecule has 1 radical (unpaired) electrons. The van der Waals surface area contributed by atoms with Gasteiger partial charge in [0, 0.05) is 13.0 Å². The van der Waals surface area contributed by atoms with Crippen LogP contribution in [0.25, 0.3) is 4.98 Å². The van der Waals surface area contributed by atoms with Gasteiger partial charge >= 0.3 is 25.0 Å². The van der Waals surface area contributed by atoms with Crippen LogP contribution in [-0.4, -0.2) is 11.6 Å². The Hall–Kier alpha value is 0.0634. The van der Waals surface area contributed by atoms with Crippen molar-refractivity contribution in [2.75, 3.05) is 0 Å². The summed E-state index contributed by atoms with van der Waals surface area (Å²) in [6.07, 6.45) is 5.61. The van der Waals surface area contributed by atoms with E-state index in [9.17, 15) is 0 Å². The van der Waals surface area contributed by atoms with Gasteiger partial charge < -0.3 is 30.5 Å². The molecule has 0 saturated heterocycles. The van der Waals surface area contributed by atoms with Crippen molar-refractivity contribution < 1.29 is 44.3 Å². The van der Waals surface area contributed by atoms with Crippen molar-refractivity contribution >= 4 is 0 Å². The van der Waals surface area contributed by atoms with E-state index in [4.69, 9.17) is 11.1 Å². The molecule has 0 fully saturated rings. The zero-order valence-electron chi connectivity index (χ0n) is 8.24. The van der Waals surface area contributed by atoms with E-state index in [-0.39, 0.29) is 50.3 Å². The summed E-state index contributed by atoms with van der Waals surface area (Å²) in [5.41, 5.74) is 6.20. The van der Waals surface area contributed by atoms with Gasteiger partial charge in [-0.25, -0.2) is 0 Å². The zero-order valence-corrected chi connectivity index (χ0v) is 12.7. The first-order chi connectivity index (χ1) is 5.08. The number of nitrogens with zero attached hydrogens (tertiary/aromatic N) is 2. The molecule has 0 amide bonds. The fourth-order valence-corrected chi connectivity index (χ4v) is 1.02. The van der Waals surface area contributed by atoms with E-state index in [1.807, 2.05) is 25.2 Å². The van der Waals surface area contributed by atoms with Gasteiger partial charge in [0.15, 0.2) is 0 Å². The molecule has 2 atom stereocenters. The summed E-state index contributed by atoms with van der Waals surface area (Å²) in [5.74, 6) is 0. The summed E-state index contributed by atoms with van der Waals surface area (Å²) in [5, 5.41) is 8.67. The molecule has 14 heavy (non-hydrogen) atoms. The van der Waals surface area contributed by atoms with Crippen LogP contribution in [0.4, 0.5) is 0 Å². The third kappa shape index (κ3) is 4.06. The van der Waals surface area contributed by atoms with Crippen molar-refractivity contribution in [3.05, 3.63) is 28.8 Å². The van der Waals surface area contributed by atoms with Crippen LogP contribution in [0.3, 0.4) is 0 Å². The minimum absolute atomic E-state index is 0. The SMILES string of the molecule is CC1=CC(N)C(C)([N+]#N)C=C1.[Cl-].[Cl-].[Zn+]. The van der Waals surface area contributed by atoms with Gasteiger partial charge in [0.05, 0.1) is 0 Å². The fourth-order valence-electron chi connectivity index (χ4n) is 1.02. The van der Waals surface area contributed by atoms with Crippen molar-refractivity contribution in [3.63, 3.8) is 0 Å². The first-order valence-corrected chi connectivity index (χ1v) is 3.58. The van der Waals surface area contributed by atoms with Crippen molar-refractivity contribution in [2.24, 2.45) is 5.73 Å². The van der Waals surface area contributed by atoms with E-state index in [0.29, 0.717) is 0 Å². The van der Waals surface area contributed by atoms with Gasteiger partial charge in [-0.05, 0) is 6.92 Å². The maximum atomic E-state index is 8.67. The van der Waals surface area contributed by atoms with Crippen LogP contribution in [0.5, 0.6) is 0 Å². The molecule has 0 aromatic carbocycles. The Balaban J connectivity index is -0.000000403. The topological polar surface area (TPSA) is 54.2 Å². The predicted octanol–water partition coefficient (Wildman–Crippen LogP) is -4.55. The monoisotopic (exact) mass is 284 g/mol. The van der Waals surface area contributed by atoms with Crippen molar-refractivity contribution in [2.45, 2.75) is 25.4 Å². The molecule has 1 aliphatic rings. The van der Waals surface area contributed by atoms with Crippen molar-refractivity contribution in [1.82, 2.24) is 0 Å². The smallest absolute Gasteiger partial charge is 1.00 e.